The summed E-state index contributed by atoms with van der Waals surface area (Å²) in [6, 6.07) is 14.6. The van der Waals surface area contributed by atoms with Gasteiger partial charge in [-0.3, -0.25) is 9.59 Å². The van der Waals surface area contributed by atoms with Crippen molar-refractivity contribution in [1.29, 1.82) is 0 Å². The Balaban J connectivity index is 1.51. The molecule has 46 heavy (non-hydrogen) atoms. The van der Waals surface area contributed by atoms with Crippen molar-refractivity contribution in [3.63, 3.8) is 0 Å². The van der Waals surface area contributed by atoms with E-state index >= 15 is 0 Å². The number of aryl methyl sites for hydroxylation is 1. The molecular weight excluding hydrogens is 638 g/mol. The number of nitrogens with two attached hydrogens (primary N) is 1. The van der Waals surface area contributed by atoms with Gasteiger partial charge >= 0.3 is 0 Å². The number of hydrogen-bond donors (Lipinski definition) is 3. The smallest absolute Gasteiger partial charge is 0.251 e. The van der Waals surface area contributed by atoms with E-state index in [0.717, 1.165) is 6.07 Å². The molecule has 4 N–H and O–H groups in total. The Labute approximate surface area is 272 Å². The van der Waals surface area contributed by atoms with E-state index in [9.17, 15) is 19.1 Å². The molecule has 0 spiro atoms. The predicted octanol–water partition coefficient (Wildman–Crippen LogP) is 5.45. The molecule has 0 saturated heterocycles. The number of carbonyl (C=O) groups excluding carboxylic acids is 2. The van der Waals surface area contributed by atoms with E-state index in [1.807, 2.05) is 0 Å². The molecule has 6 rings (SSSR count). The van der Waals surface area contributed by atoms with Crippen LogP contribution in [0, 0.1) is 12.7 Å². The molecule has 0 unspecified atom stereocenters. The molecule has 0 bridgehead atoms. The lowest BCUT2D eigenvalue weighted by Crippen LogP contribution is -2.43. The average molecular weight is 666 g/mol. The van der Waals surface area contributed by atoms with Crippen LogP contribution in [0.2, 0.25) is 10.0 Å². The molecule has 5 aromatic rings. The number of rotatable bonds is 8. The Morgan fingerprint density at radius 1 is 1.15 bits per heavy atom. The van der Waals surface area contributed by atoms with Crippen LogP contribution in [-0.4, -0.2) is 47.2 Å². The number of fused-ring (bicyclic) bond motifs is 2. The molecule has 0 saturated carbocycles. The number of pyridine rings is 1. The van der Waals surface area contributed by atoms with E-state index in [1.165, 1.54) is 43.5 Å². The number of methoxy groups -OCH3 is 1. The number of amides is 2. The summed E-state index contributed by atoms with van der Waals surface area (Å²) in [4.78, 5) is 35.3. The van der Waals surface area contributed by atoms with Gasteiger partial charge in [-0.2, -0.15) is 0 Å². The van der Waals surface area contributed by atoms with Crippen LogP contribution in [0.4, 0.5) is 4.39 Å². The highest BCUT2D eigenvalue weighted by Gasteiger charge is 2.46. The molecule has 2 amide bonds. The normalized spacial score (nSPS) is 16.8. The van der Waals surface area contributed by atoms with Crippen LogP contribution in [0.25, 0.3) is 22.4 Å². The number of primary amides is 1. The van der Waals surface area contributed by atoms with Gasteiger partial charge in [0.05, 0.1) is 29.4 Å². The Morgan fingerprint density at radius 2 is 1.91 bits per heavy atom. The van der Waals surface area contributed by atoms with Crippen LogP contribution in [-0.2, 0) is 15.8 Å². The van der Waals surface area contributed by atoms with Gasteiger partial charge in [0.2, 0.25) is 5.91 Å². The third-order valence-corrected chi connectivity index (χ3v) is 8.92. The van der Waals surface area contributed by atoms with E-state index < -0.39 is 35.2 Å². The van der Waals surface area contributed by atoms with E-state index in [4.69, 9.17) is 47.8 Å². The third-order valence-electron chi connectivity index (χ3n) is 8.10. The first-order chi connectivity index (χ1) is 21.9. The topological polar surface area (TPSA) is 150 Å². The minimum atomic E-state index is -2.15. The maximum atomic E-state index is 14.6. The first-order valence-electron chi connectivity index (χ1n) is 14.0. The van der Waals surface area contributed by atoms with Crippen molar-refractivity contribution in [1.82, 2.24) is 15.3 Å². The van der Waals surface area contributed by atoms with E-state index in [1.54, 1.807) is 32.0 Å². The van der Waals surface area contributed by atoms with Crippen LogP contribution < -0.4 is 20.5 Å². The van der Waals surface area contributed by atoms with E-state index in [-0.39, 0.29) is 44.9 Å². The summed E-state index contributed by atoms with van der Waals surface area (Å²) in [6.45, 7) is 2.69. The van der Waals surface area contributed by atoms with Crippen molar-refractivity contribution < 1.29 is 33.0 Å². The summed E-state index contributed by atoms with van der Waals surface area (Å²) in [5, 5.41) is 15.6. The number of benzene rings is 3. The summed E-state index contributed by atoms with van der Waals surface area (Å²) in [5.74, 6) is -0.995. The minimum absolute atomic E-state index is 0.0416. The first-order valence-corrected chi connectivity index (χ1v) is 14.8. The van der Waals surface area contributed by atoms with Crippen molar-refractivity contribution in [3.05, 3.63) is 105 Å². The van der Waals surface area contributed by atoms with Gasteiger partial charge in [0, 0.05) is 23.6 Å². The Kier molecular flexibility index (Phi) is 7.87. The number of aromatic nitrogens is 2. The number of halogens is 3. The lowest BCUT2D eigenvalue weighted by atomic mass is 9.80. The van der Waals surface area contributed by atoms with Gasteiger partial charge in [0.25, 0.3) is 5.91 Å². The SMILES string of the molecule is COc1cc(C(=O)NC[C@@](O)(c2cccc(F)c2)c2cc3c(c(-c4cccc(Cl)c4Cl)n2)OC[C@]3(C)C(N)=O)cc2oc(C)nc12. The van der Waals surface area contributed by atoms with Gasteiger partial charge < -0.3 is 30.0 Å². The largest absolute Gasteiger partial charge is 0.494 e. The van der Waals surface area contributed by atoms with Crippen LogP contribution in [0.3, 0.4) is 0 Å². The molecule has 1 aliphatic heterocycles. The monoisotopic (exact) mass is 664 g/mol. The van der Waals surface area contributed by atoms with Crippen LogP contribution in [0.15, 0.2) is 65.1 Å². The van der Waals surface area contributed by atoms with Gasteiger partial charge in [-0.25, -0.2) is 14.4 Å². The number of aliphatic hydroxyl groups is 1. The van der Waals surface area contributed by atoms with Crippen molar-refractivity contribution >= 4 is 46.1 Å². The van der Waals surface area contributed by atoms with Gasteiger partial charge in [-0.15, -0.1) is 0 Å². The Morgan fingerprint density at radius 3 is 2.63 bits per heavy atom. The number of carbonyl (C=O) groups is 2. The quantitative estimate of drug-likeness (QED) is 0.198. The summed E-state index contributed by atoms with van der Waals surface area (Å²) in [7, 11) is 1.44. The molecule has 0 fully saturated rings. The molecule has 236 valence electrons. The molecule has 2 aromatic heterocycles. The second kappa shape index (κ2) is 11.6. The zero-order chi connectivity index (χ0) is 33.0. The van der Waals surface area contributed by atoms with Gasteiger partial charge in [0.1, 0.15) is 40.6 Å². The molecule has 0 aliphatic carbocycles. The lowest BCUT2D eigenvalue weighted by molar-refractivity contribution is -0.123. The minimum Gasteiger partial charge on any atom is -0.494 e. The standard InChI is InChI=1S/C33H27Cl2FN4O6/c1-16-39-28-23(44-3)10-17(11-24(28)46-16)30(41)38-14-33(43,18-6-4-7-19(36)12-18)25-13-21-29(45-15-32(21,2)31(37)42)27(40-25)20-8-5-9-22(34)26(20)35/h4-13,43H,14-15H2,1-3H3,(H2,37,42)(H,38,41)/t32-,33+/m0/s1. The van der Waals surface area contributed by atoms with Crippen molar-refractivity contribution in [2.75, 3.05) is 20.3 Å². The molecule has 2 atom stereocenters. The second-order valence-electron chi connectivity index (χ2n) is 11.1. The molecule has 10 nitrogen and oxygen atoms in total. The molecule has 13 heteroatoms. The predicted molar refractivity (Wildman–Crippen MR) is 169 cm³/mol. The summed E-state index contributed by atoms with van der Waals surface area (Å²) < 4.78 is 31.6. The average Bonchev–Trinajstić information content (AvgIpc) is 3.59. The fourth-order valence-corrected chi connectivity index (χ4v) is 5.85. The van der Waals surface area contributed by atoms with E-state index in [2.05, 4.69) is 10.3 Å². The molecule has 1 aliphatic rings. The van der Waals surface area contributed by atoms with Crippen LogP contribution in [0.1, 0.15) is 40.0 Å². The molecule has 3 heterocycles. The molecule has 3 aromatic carbocycles. The fraction of sp³-hybridized carbons (Fsp3) is 0.212. The highest BCUT2D eigenvalue weighted by atomic mass is 35.5. The van der Waals surface area contributed by atoms with Crippen molar-refractivity contribution in [3.8, 4) is 22.8 Å². The second-order valence-corrected chi connectivity index (χ2v) is 11.9. The third kappa shape index (κ3) is 5.20. The Hall–Kier alpha value is -4.71. The highest BCUT2D eigenvalue weighted by Crippen LogP contribution is 2.48. The van der Waals surface area contributed by atoms with Gasteiger partial charge in [-0.1, -0.05) is 47.5 Å². The van der Waals surface area contributed by atoms with Crippen LogP contribution >= 0.6 is 23.2 Å². The summed E-state index contributed by atoms with van der Waals surface area (Å²) in [5.41, 5.74) is 4.18. The van der Waals surface area contributed by atoms with Crippen molar-refractivity contribution in [2.45, 2.75) is 24.9 Å². The lowest BCUT2D eigenvalue weighted by Gasteiger charge is -2.30. The van der Waals surface area contributed by atoms with Crippen LogP contribution in [0.5, 0.6) is 11.5 Å². The summed E-state index contributed by atoms with van der Waals surface area (Å²) >= 11 is 12.9. The number of oxazole rings is 1. The number of hydrogen-bond acceptors (Lipinski definition) is 8. The number of nitrogens with zero attached hydrogens (tertiary/aromatic N) is 2. The molecule has 0 radical (unpaired) electrons. The van der Waals surface area contributed by atoms with Gasteiger partial charge in [-0.05, 0) is 48.9 Å². The van der Waals surface area contributed by atoms with E-state index in [0.29, 0.717) is 33.9 Å². The maximum Gasteiger partial charge on any atom is 0.251 e. The summed E-state index contributed by atoms with van der Waals surface area (Å²) in [6.07, 6.45) is 0. The number of ether oxygens (including phenoxy) is 2. The fourth-order valence-electron chi connectivity index (χ4n) is 5.46. The zero-order valence-electron chi connectivity index (χ0n) is 24.8. The number of nitrogens with one attached hydrogen (secondary N) is 1. The molecular formula is C33H27Cl2FN4O6. The highest BCUT2D eigenvalue weighted by molar-refractivity contribution is 6.43. The Bertz CT molecular complexity index is 2050. The maximum absolute atomic E-state index is 14.6. The zero-order valence-corrected chi connectivity index (χ0v) is 26.3. The van der Waals surface area contributed by atoms with Crippen molar-refractivity contribution in [2.24, 2.45) is 5.73 Å². The first kappa shape index (κ1) is 31.3. The van der Waals surface area contributed by atoms with Gasteiger partial charge in [0.15, 0.2) is 17.0 Å².